The summed E-state index contributed by atoms with van der Waals surface area (Å²) in [5.41, 5.74) is 7.42. The summed E-state index contributed by atoms with van der Waals surface area (Å²) in [5.74, 6) is 0. The molecule has 0 amide bonds. The van der Waals surface area contributed by atoms with Crippen LogP contribution in [0.1, 0.15) is 33.3 Å². The van der Waals surface area contributed by atoms with Crippen molar-refractivity contribution in [2.45, 2.75) is 34.3 Å². The average Bonchev–Trinajstić information content (AvgIpc) is 2.28. The zero-order chi connectivity index (χ0) is 11.4. The fraction of sp³-hybridized carbons (Fsp3) is 0.500. The lowest BCUT2D eigenvalue weighted by atomic mass is 10.2. The van der Waals surface area contributed by atoms with Crippen molar-refractivity contribution < 1.29 is 4.74 Å². The van der Waals surface area contributed by atoms with Gasteiger partial charge in [0.15, 0.2) is 0 Å². The molecule has 0 unspecified atom stereocenters. The van der Waals surface area contributed by atoms with Crippen molar-refractivity contribution >= 4 is 5.69 Å². The Morgan fingerprint density at radius 3 is 1.79 bits per heavy atom. The van der Waals surface area contributed by atoms with Gasteiger partial charge < -0.3 is 10.5 Å². The summed E-state index contributed by atoms with van der Waals surface area (Å²) in [4.78, 5) is 0. The first-order valence-corrected chi connectivity index (χ1v) is 5.16. The van der Waals surface area contributed by atoms with Gasteiger partial charge in [-0.1, -0.05) is 39.8 Å². The second kappa shape index (κ2) is 12.0. The van der Waals surface area contributed by atoms with Crippen LogP contribution >= 0.6 is 0 Å². The van der Waals surface area contributed by atoms with E-state index in [-0.39, 0.29) is 0 Å². The lowest BCUT2D eigenvalue weighted by Crippen LogP contribution is -1.88. The molecule has 1 aromatic rings. The van der Waals surface area contributed by atoms with E-state index in [9.17, 15) is 0 Å². The van der Waals surface area contributed by atoms with Crippen LogP contribution in [-0.4, -0.2) is 7.11 Å². The van der Waals surface area contributed by atoms with E-state index < -0.39 is 0 Å². The summed E-state index contributed by atoms with van der Waals surface area (Å²) in [6.45, 7) is 8.65. The molecule has 0 saturated heterocycles. The van der Waals surface area contributed by atoms with Crippen LogP contribution < -0.4 is 5.73 Å². The molecule has 0 aliphatic carbocycles. The van der Waals surface area contributed by atoms with Crippen LogP contribution in [0, 0.1) is 0 Å². The first-order chi connectivity index (χ1) is 6.83. The van der Waals surface area contributed by atoms with E-state index in [1.807, 2.05) is 52.0 Å². The largest absolute Gasteiger partial charge is 0.399 e. The van der Waals surface area contributed by atoms with Gasteiger partial charge in [0.25, 0.3) is 0 Å². The van der Waals surface area contributed by atoms with Crippen LogP contribution in [0.25, 0.3) is 0 Å². The summed E-state index contributed by atoms with van der Waals surface area (Å²) in [5, 5.41) is 0. The molecule has 0 bridgehead atoms. The zero-order valence-electron chi connectivity index (χ0n) is 10.0. The van der Waals surface area contributed by atoms with Crippen LogP contribution in [0.4, 0.5) is 5.69 Å². The summed E-state index contributed by atoms with van der Waals surface area (Å²) in [7, 11) is 1.68. The van der Waals surface area contributed by atoms with Gasteiger partial charge in [-0.15, -0.1) is 0 Å². The summed E-state index contributed by atoms with van der Waals surface area (Å²) in [6.07, 6.45) is 0. The molecule has 0 saturated carbocycles. The first kappa shape index (κ1) is 15.5. The van der Waals surface area contributed by atoms with Gasteiger partial charge in [-0.3, -0.25) is 0 Å². The number of anilines is 1. The molecule has 0 heterocycles. The highest BCUT2D eigenvalue weighted by molar-refractivity contribution is 5.38. The highest BCUT2D eigenvalue weighted by Gasteiger charge is 1.88. The zero-order valence-corrected chi connectivity index (χ0v) is 10.0. The van der Waals surface area contributed by atoms with Gasteiger partial charge >= 0.3 is 0 Å². The number of hydrogen-bond acceptors (Lipinski definition) is 2. The van der Waals surface area contributed by atoms with E-state index in [2.05, 4.69) is 0 Å². The molecule has 0 aromatic heterocycles. The number of methoxy groups -OCH3 is 1. The third kappa shape index (κ3) is 7.62. The number of nitrogens with two attached hydrogens (primary N) is 1. The molecule has 0 radical (unpaired) electrons. The number of rotatable bonds is 2. The molecule has 14 heavy (non-hydrogen) atoms. The quantitative estimate of drug-likeness (QED) is 0.737. The van der Waals surface area contributed by atoms with Gasteiger partial charge in [0.1, 0.15) is 0 Å². The Morgan fingerprint density at radius 2 is 1.43 bits per heavy atom. The molecule has 0 fully saturated rings. The summed E-state index contributed by atoms with van der Waals surface area (Å²) >= 11 is 0. The van der Waals surface area contributed by atoms with Crippen molar-refractivity contribution in [1.29, 1.82) is 0 Å². The van der Waals surface area contributed by atoms with E-state index in [4.69, 9.17) is 10.5 Å². The van der Waals surface area contributed by atoms with E-state index in [1.54, 1.807) is 7.11 Å². The Morgan fingerprint density at radius 1 is 1.00 bits per heavy atom. The second-order valence-corrected chi connectivity index (χ2v) is 2.17. The van der Waals surface area contributed by atoms with Crippen LogP contribution in [0.15, 0.2) is 24.3 Å². The van der Waals surface area contributed by atoms with Crippen molar-refractivity contribution in [3.63, 3.8) is 0 Å². The fourth-order valence-electron chi connectivity index (χ4n) is 0.781. The monoisotopic (exact) mass is 197 g/mol. The Bertz CT molecular complexity index is 194. The molecule has 1 aromatic carbocycles. The fourth-order valence-corrected chi connectivity index (χ4v) is 0.781. The molecular formula is C12H23NO. The molecule has 0 aliphatic rings. The lowest BCUT2D eigenvalue weighted by Gasteiger charge is -1.98. The standard InChI is InChI=1S/C8H11NO.2C2H6/c1-10-6-7-2-4-8(9)5-3-7;2*1-2/h2-5H,6,9H2,1H3;2*1-2H3. The number of ether oxygens (including phenoxy) is 1. The lowest BCUT2D eigenvalue weighted by molar-refractivity contribution is 0.185. The predicted molar refractivity (Wildman–Crippen MR) is 64.3 cm³/mol. The Balaban J connectivity index is 0. The highest BCUT2D eigenvalue weighted by atomic mass is 16.5. The van der Waals surface area contributed by atoms with Crippen LogP contribution in [-0.2, 0) is 11.3 Å². The minimum Gasteiger partial charge on any atom is -0.399 e. The number of hydrogen-bond donors (Lipinski definition) is 1. The van der Waals surface area contributed by atoms with Gasteiger partial charge in [-0.25, -0.2) is 0 Å². The first-order valence-electron chi connectivity index (χ1n) is 5.16. The molecule has 82 valence electrons. The molecule has 0 aliphatic heterocycles. The number of nitrogen functional groups attached to an aromatic ring is 1. The Hall–Kier alpha value is -1.02. The van der Waals surface area contributed by atoms with E-state index in [0.29, 0.717) is 6.61 Å². The van der Waals surface area contributed by atoms with Gasteiger partial charge in [0.05, 0.1) is 6.61 Å². The second-order valence-electron chi connectivity index (χ2n) is 2.17. The maximum absolute atomic E-state index is 5.48. The number of benzene rings is 1. The minimum atomic E-state index is 0.653. The SMILES string of the molecule is CC.CC.COCc1ccc(N)cc1. The summed E-state index contributed by atoms with van der Waals surface area (Å²) < 4.78 is 4.93. The van der Waals surface area contributed by atoms with Crippen molar-refractivity contribution in [2.75, 3.05) is 12.8 Å². The molecule has 2 N–H and O–H groups in total. The van der Waals surface area contributed by atoms with Crippen LogP contribution in [0.5, 0.6) is 0 Å². The van der Waals surface area contributed by atoms with Crippen molar-refractivity contribution in [3.05, 3.63) is 29.8 Å². The molecular weight excluding hydrogens is 174 g/mol. The van der Waals surface area contributed by atoms with E-state index in [0.717, 1.165) is 11.3 Å². The molecule has 2 heteroatoms. The maximum atomic E-state index is 5.48. The Kier molecular flexibility index (Phi) is 13.2. The smallest absolute Gasteiger partial charge is 0.0713 e. The van der Waals surface area contributed by atoms with Crippen LogP contribution in [0.3, 0.4) is 0 Å². The van der Waals surface area contributed by atoms with Gasteiger partial charge in [-0.05, 0) is 17.7 Å². The predicted octanol–water partition coefficient (Wildman–Crippen LogP) is 3.47. The summed E-state index contributed by atoms with van der Waals surface area (Å²) in [6, 6.07) is 7.65. The normalized spacial score (nSPS) is 7.79. The maximum Gasteiger partial charge on any atom is 0.0713 e. The van der Waals surface area contributed by atoms with Crippen molar-refractivity contribution in [3.8, 4) is 0 Å². The molecule has 0 spiro atoms. The van der Waals surface area contributed by atoms with E-state index in [1.165, 1.54) is 0 Å². The highest BCUT2D eigenvalue weighted by Crippen LogP contribution is 2.05. The minimum absolute atomic E-state index is 0.653. The third-order valence-corrected chi connectivity index (χ3v) is 1.29. The van der Waals surface area contributed by atoms with Crippen molar-refractivity contribution in [1.82, 2.24) is 0 Å². The topological polar surface area (TPSA) is 35.2 Å². The molecule has 1 rings (SSSR count). The van der Waals surface area contributed by atoms with Gasteiger partial charge in [0, 0.05) is 12.8 Å². The molecule has 2 nitrogen and oxygen atoms in total. The van der Waals surface area contributed by atoms with E-state index >= 15 is 0 Å². The Labute approximate surface area is 88.1 Å². The van der Waals surface area contributed by atoms with Crippen LogP contribution in [0.2, 0.25) is 0 Å². The van der Waals surface area contributed by atoms with Gasteiger partial charge in [-0.2, -0.15) is 0 Å². The van der Waals surface area contributed by atoms with Gasteiger partial charge in [0.2, 0.25) is 0 Å². The average molecular weight is 197 g/mol. The molecule has 0 atom stereocenters. The van der Waals surface area contributed by atoms with Crippen molar-refractivity contribution in [2.24, 2.45) is 0 Å². The third-order valence-electron chi connectivity index (χ3n) is 1.29.